The molecular formula is C6H9NO3. The van der Waals surface area contributed by atoms with E-state index in [0.29, 0.717) is 12.6 Å². The second kappa shape index (κ2) is 5.81. The first-order valence-electron chi connectivity index (χ1n) is 2.76. The Bertz CT molecular complexity index is 142. The van der Waals surface area contributed by atoms with E-state index in [-0.39, 0.29) is 6.61 Å². The van der Waals surface area contributed by atoms with E-state index in [4.69, 9.17) is 5.21 Å². The summed E-state index contributed by atoms with van der Waals surface area (Å²) in [5.41, 5.74) is 0. The molecule has 4 heteroatoms. The summed E-state index contributed by atoms with van der Waals surface area (Å²) in [6, 6.07) is 0. The zero-order valence-corrected chi connectivity index (χ0v) is 5.49. The van der Waals surface area contributed by atoms with Crippen LogP contribution >= 0.6 is 0 Å². The van der Waals surface area contributed by atoms with E-state index < -0.39 is 5.97 Å². The topological polar surface area (TPSA) is 58.9 Å². The van der Waals surface area contributed by atoms with Crippen LogP contribution in [-0.4, -0.2) is 24.0 Å². The standard InChI is InChI=1S/C6H9NO3/c1-2-3-4-10-6(8)5-7-9/h2,5,9H,1,3-4H2/b7-5+. The van der Waals surface area contributed by atoms with Gasteiger partial charge in [0.25, 0.3) is 0 Å². The normalized spacial score (nSPS) is 9.60. The molecule has 0 aliphatic heterocycles. The summed E-state index contributed by atoms with van der Waals surface area (Å²) in [6.45, 7) is 3.70. The second-order valence-corrected chi connectivity index (χ2v) is 1.49. The van der Waals surface area contributed by atoms with Gasteiger partial charge in [0.1, 0.15) is 0 Å². The maximum Gasteiger partial charge on any atom is 0.352 e. The number of rotatable bonds is 4. The van der Waals surface area contributed by atoms with Gasteiger partial charge in [-0.1, -0.05) is 11.2 Å². The van der Waals surface area contributed by atoms with Crippen molar-refractivity contribution in [1.82, 2.24) is 0 Å². The van der Waals surface area contributed by atoms with Crippen LogP contribution in [0.4, 0.5) is 0 Å². The summed E-state index contributed by atoms with van der Waals surface area (Å²) < 4.78 is 4.50. The first-order valence-corrected chi connectivity index (χ1v) is 2.76. The van der Waals surface area contributed by atoms with Crippen LogP contribution in [0.1, 0.15) is 6.42 Å². The molecule has 0 heterocycles. The van der Waals surface area contributed by atoms with Crippen molar-refractivity contribution in [3.8, 4) is 0 Å². The molecular weight excluding hydrogens is 134 g/mol. The van der Waals surface area contributed by atoms with E-state index >= 15 is 0 Å². The van der Waals surface area contributed by atoms with E-state index in [9.17, 15) is 4.79 Å². The molecule has 0 fully saturated rings. The van der Waals surface area contributed by atoms with Gasteiger partial charge in [-0.25, -0.2) is 4.79 Å². The van der Waals surface area contributed by atoms with Crippen LogP contribution in [-0.2, 0) is 9.53 Å². The maximum atomic E-state index is 10.4. The number of carbonyl (C=O) groups excluding carboxylic acids is 1. The number of oxime groups is 1. The molecule has 0 saturated heterocycles. The molecule has 0 bridgehead atoms. The monoisotopic (exact) mass is 143 g/mol. The Kier molecular flexibility index (Phi) is 5.04. The minimum Gasteiger partial charge on any atom is -0.461 e. The van der Waals surface area contributed by atoms with Crippen LogP contribution in [0.25, 0.3) is 0 Å². The SMILES string of the molecule is C=CCCOC(=O)/C=N/O. The molecule has 0 saturated carbocycles. The highest BCUT2D eigenvalue weighted by molar-refractivity contribution is 6.22. The van der Waals surface area contributed by atoms with Crippen LogP contribution in [0.2, 0.25) is 0 Å². The number of carbonyl (C=O) groups is 1. The lowest BCUT2D eigenvalue weighted by Gasteiger charge is -1.95. The van der Waals surface area contributed by atoms with Gasteiger partial charge in [0.2, 0.25) is 0 Å². The van der Waals surface area contributed by atoms with Gasteiger partial charge in [0.05, 0.1) is 6.61 Å². The summed E-state index contributed by atoms with van der Waals surface area (Å²) in [5, 5.41) is 10.3. The van der Waals surface area contributed by atoms with Gasteiger partial charge in [0, 0.05) is 0 Å². The van der Waals surface area contributed by atoms with Crippen molar-refractivity contribution < 1.29 is 14.7 Å². The smallest absolute Gasteiger partial charge is 0.352 e. The Hall–Kier alpha value is -1.32. The molecule has 0 radical (unpaired) electrons. The second-order valence-electron chi connectivity index (χ2n) is 1.49. The van der Waals surface area contributed by atoms with E-state index in [2.05, 4.69) is 16.5 Å². The fourth-order valence-electron chi connectivity index (χ4n) is 0.327. The molecule has 4 nitrogen and oxygen atoms in total. The summed E-state index contributed by atoms with van der Waals surface area (Å²) in [4.78, 5) is 10.4. The third-order valence-electron chi connectivity index (χ3n) is 0.729. The van der Waals surface area contributed by atoms with Crippen LogP contribution in [0.3, 0.4) is 0 Å². The molecule has 10 heavy (non-hydrogen) atoms. The van der Waals surface area contributed by atoms with Crippen molar-refractivity contribution in [2.75, 3.05) is 6.61 Å². The number of esters is 1. The Morgan fingerprint density at radius 2 is 2.50 bits per heavy atom. The summed E-state index contributed by atoms with van der Waals surface area (Å²) >= 11 is 0. The molecule has 0 aliphatic carbocycles. The van der Waals surface area contributed by atoms with Gasteiger partial charge < -0.3 is 9.94 Å². The van der Waals surface area contributed by atoms with Gasteiger partial charge >= 0.3 is 5.97 Å². The third-order valence-corrected chi connectivity index (χ3v) is 0.729. The predicted molar refractivity (Wildman–Crippen MR) is 36.1 cm³/mol. The van der Waals surface area contributed by atoms with Crippen LogP contribution < -0.4 is 0 Å². The zero-order chi connectivity index (χ0) is 7.82. The van der Waals surface area contributed by atoms with Crippen molar-refractivity contribution in [3.05, 3.63) is 12.7 Å². The number of hydrogen-bond donors (Lipinski definition) is 1. The van der Waals surface area contributed by atoms with Crippen molar-refractivity contribution in [2.45, 2.75) is 6.42 Å². The molecule has 0 aromatic heterocycles. The van der Waals surface area contributed by atoms with Crippen LogP contribution in [0.5, 0.6) is 0 Å². The average molecular weight is 143 g/mol. The largest absolute Gasteiger partial charge is 0.461 e. The molecule has 0 rings (SSSR count). The lowest BCUT2D eigenvalue weighted by molar-refractivity contribution is -0.135. The minimum atomic E-state index is -0.649. The zero-order valence-electron chi connectivity index (χ0n) is 5.49. The van der Waals surface area contributed by atoms with Crippen molar-refractivity contribution in [1.29, 1.82) is 0 Å². The first kappa shape index (κ1) is 8.68. The van der Waals surface area contributed by atoms with Crippen LogP contribution in [0, 0.1) is 0 Å². The van der Waals surface area contributed by atoms with E-state index in [0.717, 1.165) is 0 Å². The molecule has 0 atom stereocenters. The number of hydrogen-bond acceptors (Lipinski definition) is 4. The molecule has 56 valence electrons. The summed E-state index contributed by atoms with van der Waals surface area (Å²) in [5.74, 6) is -0.649. The summed E-state index contributed by atoms with van der Waals surface area (Å²) in [6.07, 6.45) is 2.93. The molecule has 0 aromatic rings. The quantitative estimate of drug-likeness (QED) is 0.156. The van der Waals surface area contributed by atoms with Gasteiger partial charge in [-0.3, -0.25) is 0 Å². The average Bonchev–Trinajstić information content (AvgIpc) is 1.89. The highest BCUT2D eigenvalue weighted by Gasteiger charge is 1.94. The van der Waals surface area contributed by atoms with Gasteiger partial charge in [-0.05, 0) is 6.42 Å². The highest BCUT2D eigenvalue weighted by atomic mass is 16.5. The van der Waals surface area contributed by atoms with Gasteiger partial charge in [-0.2, -0.15) is 0 Å². The first-order chi connectivity index (χ1) is 4.81. The maximum absolute atomic E-state index is 10.4. The molecule has 0 amide bonds. The Labute approximate surface area is 58.8 Å². The Balaban J connectivity index is 3.30. The van der Waals surface area contributed by atoms with Crippen LogP contribution in [0.15, 0.2) is 17.8 Å². The van der Waals surface area contributed by atoms with Crippen molar-refractivity contribution in [2.24, 2.45) is 5.16 Å². The van der Waals surface area contributed by atoms with Crippen molar-refractivity contribution in [3.63, 3.8) is 0 Å². The number of ether oxygens (including phenoxy) is 1. The molecule has 1 N–H and O–H groups in total. The minimum absolute atomic E-state index is 0.272. The molecule has 0 aromatic carbocycles. The van der Waals surface area contributed by atoms with E-state index in [1.54, 1.807) is 6.08 Å². The van der Waals surface area contributed by atoms with Gasteiger partial charge in [-0.15, -0.1) is 6.58 Å². The van der Waals surface area contributed by atoms with Gasteiger partial charge in [0.15, 0.2) is 6.21 Å². The predicted octanol–water partition coefficient (Wildman–Crippen LogP) is 0.566. The Morgan fingerprint density at radius 1 is 1.80 bits per heavy atom. The lowest BCUT2D eigenvalue weighted by Crippen LogP contribution is -2.05. The molecule has 0 unspecified atom stereocenters. The fourth-order valence-corrected chi connectivity index (χ4v) is 0.327. The van der Waals surface area contributed by atoms with E-state index in [1.165, 1.54) is 0 Å². The fraction of sp³-hybridized carbons (Fsp3) is 0.333. The third kappa shape index (κ3) is 4.83. The summed E-state index contributed by atoms with van der Waals surface area (Å²) in [7, 11) is 0. The molecule has 0 aliphatic rings. The van der Waals surface area contributed by atoms with E-state index in [1.807, 2.05) is 0 Å². The number of nitrogens with zero attached hydrogens (tertiary/aromatic N) is 1. The molecule has 0 spiro atoms. The lowest BCUT2D eigenvalue weighted by atomic mass is 10.5. The highest BCUT2D eigenvalue weighted by Crippen LogP contribution is 1.82. The Morgan fingerprint density at radius 3 is 3.00 bits per heavy atom. The van der Waals surface area contributed by atoms with Crippen molar-refractivity contribution >= 4 is 12.2 Å².